The summed E-state index contributed by atoms with van der Waals surface area (Å²) in [5.74, 6) is 0.484. The predicted octanol–water partition coefficient (Wildman–Crippen LogP) is 2.74. The van der Waals surface area contributed by atoms with Crippen LogP contribution in [0.5, 0.6) is 11.5 Å². The number of hydrogen-bond donors (Lipinski definition) is 4. The molecule has 4 N–H and O–H groups in total. The Labute approximate surface area is 131 Å². The standard InChI is InChI=1S/C18H23NO3/c1-13(2-3-14-4-8-16(20)9-5-14)19-12-18(22)15-6-10-17(21)11-7-15/h4-11,13,18-22H,2-3,12H2,1H3/t13-,18+/m1/s1. The molecular weight excluding hydrogens is 278 g/mol. The van der Waals surface area contributed by atoms with Crippen molar-refractivity contribution >= 4 is 0 Å². The summed E-state index contributed by atoms with van der Waals surface area (Å²) >= 11 is 0. The Balaban J connectivity index is 1.73. The number of rotatable bonds is 7. The number of benzene rings is 2. The van der Waals surface area contributed by atoms with Crippen LogP contribution in [0.4, 0.5) is 0 Å². The van der Waals surface area contributed by atoms with Gasteiger partial charge in [-0.2, -0.15) is 0 Å². The van der Waals surface area contributed by atoms with Crippen LogP contribution in [-0.2, 0) is 6.42 Å². The number of hydrogen-bond acceptors (Lipinski definition) is 4. The van der Waals surface area contributed by atoms with E-state index in [2.05, 4.69) is 12.2 Å². The quantitative estimate of drug-likeness (QED) is 0.634. The highest BCUT2D eigenvalue weighted by Gasteiger charge is 2.09. The van der Waals surface area contributed by atoms with Crippen LogP contribution in [0.1, 0.15) is 30.6 Å². The monoisotopic (exact) mass is 301 g/mol. The average Bonchev–Trinajstić information content (AvgIpc) is 2.52. The summed E-state index contributed by atoms with van der Waals surface area (Å²) in [5.41, 5.74) is 1.97. The predicted molar refractivity (Wildman–Crippen MR) is 87.0 cm³/mol. The van der Waals surface area contributed by atoms with Gasteiger partial charge >= 0.3 is 0 Å². The maximum absolute atomic E-state index is 10.1. The van der Waals surface area contributed by atoms with Gasteiger partial charge in [0.25, 0.3) is 0 Å². The highest BCUT2D eigenvalue weighted by Crippen LogP contribution is 2.16. The lowest BCUT2D eigenvalue weighted by Gasteiger charge is -2.17. The van der Waals surface area contributed by atoms with Crippen molar-refractivity contribution in [1.82, 2.24) is 5.32 Å². The lowest BCUT2D eigenvalue weighted by molar-refractivity contribution is 0.170. The molecule has 0 saturated carbocycles. The molecule has 0 saturated heterocycles. The zero-order valence-electron chi connectivity index (χ0n) is 12.7. The fourth-order valence-corrected chi connectivity index (χ4v) is 2.27. The fraction of sp³-hybridized carbons (Fsp3) is 0.333. The second-order valence-electron chi connectivity index (χ2n) is 5.62. The summed E-state index contributed by atoms with van der Waals surface area (Å²) in [6.07, 6.45) is 1.29. The van der Waals surface area contributed by atoms with E-state index in [1.165, 1.54) is 5.56 Å². The van der Waals surface area contributed by atoms with E-state index >= 15 is 0 Å². The van der Waals surface area contributed by atoms with E-state index in [4.69, 9.17) is 0 Å². The van der Waals surface area contributed by atoms with Gasteiger partial charge in [-0.3, -0.25) is 0 Å². The maximum Gasteiger partial charge on any atom is 0.115 e. The van der Waals surface area contributed by atoms with Crippen molar-refractivity contribution in [2.24, 2.45) is 0 Å². The first-order valence-corrected chi connectivity index (χ1v) is 7.53. The van der Waals surface area contributed by atoms with Crippen LogP contribution in [0.3, 0.4) is 0 Å². The Kier molecular flexibility index (Phi) is 5.81. The van der Waals surface area contributed by atoms with Gasteiger partial charge in [0.1, 0.15) is 11.5 Å². The van der Waals surface area contributed by atoms with E-state index in [0.717, 1.165) is 18.4 Å². The fourth-order valence-electron chi connectivity index (χ4n) is 2.27. The molecular formula is C18H23NO3. The topological polar surface area (TPSA) is 72.7 Å². The first kappa shape index (κ1) is 16.3. The number of aliphatic hydroxyl groups excluding tert-OH is 1. The molecule has 22 heavy (non-hydrogen) atoms. The van der Waals surface area contributed by atoms with Gasteiger partial charge in [0, 0.05) is 12.6 Å². The summed E-state index contributed by atoms with van der Waals surface area (Å²) in [5, 5.41) is 31.9. The second-order valence-corrected chi connectivity index (χ2v) is 5.62. The number of aromatic hydroxyl groups is 2. The molecule has 0 radical (unpaired) electrons. The SMILES string of the molecule is C[C@H](CCc1ccc(O)cc1)NC[C@H](O)c1ccc(O)cc1. The number of nitrogens with one attached hydrogen (secondary N) is 1. The summed E-state index contributed by atoms with van der Waals surface area (Å²) in [6.45, 7) is 2.56. The van der Waals surface area contributed by atoms with Crippen molar-refractivity contribution in [3.05, 3.63) is 59.7 Å². The van der Waals surface area contributed by atoms with Gasteiger partial charge in [0.05, 0.1) is 6.10 Å². The summed E-state index contributed by atoms with van der Waals surface area (Å²) in [4.78, 5) is 0. The molecule has 4 nitrogen and oxygen atoms in total. The zero-order valence-corrected chi connectivity index (χ0v) is 12.7. The minimum atomic E-state index is -0.586. The Morgan fingerprint density at radius 1 is 0.909 bits per heavy atom. The minimum absolute atomic E-state index is 0.200. The van der Waals surface area contributed by atoms with E-state index in [1.54, 1.807) is 36.4 Å². The molecule has 0 aliphatic carbocycles. The molecule has 0 aromatic heterocycles. The van der Waals surface area contributed by atoms with Gasteiger partial charge in [-0.15, -0.1) is 0 Å². The molecule has 0 amide bonds. The van der Waals surface area contributed by atoms with Crippen LogP contribution >= 0.6 is 0 Å². The molecule has 118 valence electrons. The normalized spacial score (nSPS) is 13.7. The van der Waals surface area contributed by atoms with E-state index in [-0.39, 0.29) is 17.5 Å². The number of phenols is 2. The van der Waals surface area contributed by atoms with Crippen molar-refractivity contribution < 1.29 is 15.3 Å². The van der Waals surface area contributed by atoms with Crippen LogP contribution < -0.4 is 5.32 Å². The molecule has 0 unspecified atom stereocenters. The Bertz CT molecular complexity index is 566. The highest BCUT2D eigenvalue weighted by atomic mass is 16.3. The largest absolute Gasteiger partial charge is 0.508 e. The smallest absolute Gasteiger partial charge is 0.115 e. The van der Waals surface area contributed by atoms with Gasteiger partial charge in [-0.1, -0.05) is 24.3 Å². The Morgan fingerprint density at radius 2 is 1.45 bits per heavy atom. The van der Waals surface area contributed by atoms with Crippen molar-refractivity contribution in [2.45, 2.75) is 31.9 Å². The van der Waals surface area contributed by atoms with Crippen molar-refractivity contribution in [2.75, 3.05) is 6.54 Å². The molecule has 0 spiro atoms. The van der Waals surface area contributed by atoms with Crippen molar-refractivity contribution in [3.63, 3.8) is 0 Å². The van der Waals surface area contributed by atoms with E-state index in [9.17, 15) is 15.3 Å². The summed E-state index contributed by atoms with van der Waals surface area (Å²) in [6, 6.07) is 14.1. The first-order chi connectivity index (χ1) is 10.5. The third kappa shape index (κ3) is 5.06. The third-order valence-electron chi connectivity index (χ3n) is 3.74. The molecule has 2 aromatic carbocycles. The van der Waals surface area contributed by atoms with Crippen molar-refractivity contribution in [3.8, 4) is 11.5 Å². The molecule has 4 heteroatoms. The number of aliphatic hydroxyl groups is 1. The van der Waals surface area contributed by atoms with E-state index in [0.29, 0.717) is 6.54 Å². The summed E-state index contributed by atoms with van der Waals surface area (Å²) < 4.78 is 0. The van der Waals surface area contributed by atoms with E-state index in [1.807, 2.05) is 12.1 Å². The van der Waals surface area contributed by atoms with Crippen LogP contribution in [-0.4, -0.2) is 27.9 Å². The van der Waals surface area contributed by atoms with Crippen LogP contribution in [0.25, 0.3) is 0 Å². The first-order valence-electron chi connectivity index (χ1n) is 7.53. The minimum Gasteiger partial charge on any atom is -0.508 e. The van der Waals surface area contributed by atoms with Gasteiger partial charge in [-0.25, -0.2) is 0 Å². The Hall–Kier alpha value is -2.04. The molecule has 0 aliphatic rings. The van der Waals surface area contributed by atoms with E-state index < -0.39 is 6.10 Å². The van der Waals surface area contributed by atoms with Crippen LogP contribution in [0, 0.1) is 0 Å². The average molecular weight is 301 g/mol. The van der Waals surface area contributed by atoms with Gasteiger partial charge in [0.2, 0.25) is 0 Å². The zero-order chi connectivity index (χ0) is 15.9. The van der Waals surface area contributed by atoms with Gasteiger partial charge in [0.15, 0.2) is 0 Å². The highest BCUT2D eigenvalue weighted by molar-refractivity contribution is 5.27. The van der Waals surface area contributed by atoms with Gasteiger partial charge < -0.3 is 20.6 Å². The van der Waals surface area contributed by atoms with Crippen LogP contribution in [0.2, 0.25) is 0 Å². The molecule has 2 atom stereocenters. The molecule has 2 rings (SSSR count). The second kappa shape index (κ2) is 7.82. The molecule has 0 aliphatic heterocycles. The van der Waals surface area contributed by atoms with Crippen molar-refractivity contribution in [1.29, 1.82) is 0 Å². The van der Waals surface area contributed by atoms with Gasteiger partial charge in [-0.05, 0) is 55.2 Å². The summed E-state index contributed by atoms with van der Waals surface area (Å²) in [7, 11) is 0. The third-order valence-corrected chi connectivity index (χ3v) is 3.74. The molecule has 0 bridgehead atoms. The Morgan fingerprint density at radius 3 is 2.05 bits per heavy atom. The lowest BCUT2D eigenvalue weighted by Crippen LogP contribution is -2.30. The lowest BCUT2D eigenvalue weighted by atomic mass is 10.1. The molecule has 2 aromatic rings. The number of phenolic OH excluding ortho intramolecular Hbond substituents is 2. The molecule has 0 fully saturated rings. The molecule has 0 heterocycles. The maximum atomic E-state index is 10.1. The number of aryl methyl sites for hydroxylation is 1. The van der Waals surface area contributed by atoms with Crippen LogP contribution in [0.15, 0.2) is 48.5 Å².